The van der Waals surface area contributed by atoms with Gasteiger partial charge in [-0.05, 0) is 34.2 Å². The van der Waals surface area contributed by atoms with E-state index in [0.29, 0.717) is 5.56 Å². The fraction of sp³-hybridized carbons (Fsp3) is 0.0952. The third-order valence-corrected chi connectivity index (χ3v) is 3.96. The monoisotopic (exact) mass is 286 g/mol. The first-order valence-electron chi connectivity index (χ1n) is 7.55. The summed E-state index contributed by atoms with van der Waals surface area (Å²) in [5, 5.41) is 0. The van der Waals surface area contributed by atoms with Crippen molar-refractivity contribution in [3.63, 3.8) is 0 Å². The number of carbonyl (C=O) groups is 1. The maximum Gasteiger partial charge on any atom is 0.150 e. The van der Waals surface area contributed by atoms with Gasteiger partial charge in [0, 0.05) is 5.56 Å². The van der Waals surface area contributed by atoms with Gasteiger partial charge in [0.1, 0.15) is 6.29 Å². The molecule has 0 N–H and O–H groups in total. The van der Waals surface area contributed by atoms with Crippen molar-refractivity contribution >= 4 is 6.29 Å². The van der Waals surface area contributed by atoms with Crippen LogP contribution in [0, 0.1) is 0 Å². The van der Waals surface area contributed by atoms with E-state index in [1.54, 1.807) is 0 Å². The third-order valence-electron chi connectivity index (χ3n) is 3.96. The molecule has 0 aliphatic rings. The van der Waals surface area contributed by atoms with Crippen molar-refractivity contribution < 1.29 is 4.79 Å². The van der Waals surface area contributed by atoms with Crippen LogP contribution < -0.4 is 0 Å². The molecule has 22 heavy (non-hydrogen) atoms. The van der Waals surface area contributed by atoms with E-state index in [4.69, 9.17) is 0 Å². The second-order valence-electron chi connectivity index (χ2n) is 5.37. The van der Waals surface area contributed by atoms with Crippen LogP contribution in [0.15, 0.2) is 72.8 Å². The Kier molecular flexibility index (Phi) is 4.15. The Balaban J connectivity index is 1.86. The Morgan fingerprint density at radius 1 is 0.636 bits per heavy atom. The Bertz CT molecular complexity index is 751. The zero-order valence-corrected chi connectivity index (χ0v) is 12.6. The van der Waals surface area contributed by atoms with Crippen molar-refractivity contribution in [2.24, 2.45) is 0 Å². The minimum absolute atomic E-state index is 0.705. The summed E-state index contributed by atoms with van der Waals surface area (Å²) in [4.78, 5) is 10.7. The fourth-order valence-corrected chi connectivity index (χ4v) is 2.54. The third kappa shape index (κ3) is 2.99. The van der Waals surface area contributed by atoms with Crippen molar-refractivity contribution in [3.05, 3.63) is 83.9 Å². The number of rotatable bonds is 4. The van der Waals surface area contributed by atoms with Gasteiger partial charge in [-0.1, -0.05) is 79.7 Å². The molecule has 0 heterocycles. The zero-order valence-electron chi connectivity index (χ0n) is 12.6. The Labute approximate surface area is 131 Å². The van der Waals surface area contributed by atoms with E-state index in [1.165, 1.54) is 16.7 Å². The van der Waals surface area contributed by atoms with Gasteiger partial charge < -0.3 is 0 Å². The van der Waals surface area contributed by atoms with Crippen LogP contribution >= 0.6 is 0 Å². The Morgan fingerprint density at radius 2 is 1.00 bits per heavy atom. The predicted octanol–water partition coefficient (Wildman–Crippen LogP) is 5.40. The molecule has 0 aliphatic heterocycles. The van der Waals surface area contributed by atoms with Gasteiger partial charge in [-0.25, -0.2) is 0 Å². The number of benzene rings is 3. The lowest BCUT2D eigenvalue weighted by atomic mass is 9.99. The first kappa shape index (κ1) is 14.3. The highest BCUT2D eigenvalue weighted by molar-refractivity contribution is 5.77. The summed E-state index contributed by atoms with van der Waals surface area (Å²) < 4.78 is 0. The minimum atomic E-state index is 0.705. The van der Waals surface area contributed by atoms with Gasteiger partial charge in [-0.2, -0.15) is 0 Å². The SMILES string of the molecule is CCc1ccc(-c2ccc(-c3ccc(C=O)cc3)cc2)cc1. The van der Waals surface area contributed by atoms with Gasteiger partial charge in [-0.15, -0.1) is 0 Å². The Hall–Kier alpha value is -2.67. The summed E-state index contributed by atoms with van der Waals surface area (Å²) in [7, 11) is 0. The van der Waals surface area contributed by atoms with Crippen LogP contribution in [-0.2, 0) is 6.42 Å². The average Bonchev–Trinajstić information content (AvgIpc) is 2.62. The van der Waals surface area contributed by atoms with Crippen LogP contribution in [0.2, 0.25) is 0 Å². The van der Waals surface area contributed by atoms with Crippen molar-refractivity contribution in [2.75, 3.05) is 0 Å². The molecule has 3 aromatic rings. The number of aldehydes is 1. The highest BCUT2D eigenvalue weighted by Crippen LogP contribution is 2.25. The number of hydrogen-bond acceptors (Lipinski definition) is 1. The molecule has 1 nitrogen and oxygen atoms in total. The molecule has 0 saturated heterocycles. The molecule has 0 bridgehead atoms. The lowest BCUT2D eigenvalue weighted by Gasteiger charge is -2.06. The largest absolute Gasteiger partial charge is 0.298 e. The van der Waals surface area contributed by atoms with Gasteiger partial charge in [-0.3, -0.25) is 4.79 Å². The standard InChI is InChI=1S/C21H18O/c1-2-16-3-7-18(8-4-16)20-11-13-21(14-12-20)19-9-5-17(15-22)6-10-19/h3-15H,2H2,1H3. The second kappa shape index (κ2) is 6.40. The predicted molar refractivity (Wildman–Crippen MR) is 92.1 cm³/mol. The highest BCUT2D eigenvalue weighted by Gasteiger charge is 2.01. The summed E-state index contributed by atoms with van der Waals surface area (Å²) in [5.74, 6) is 0. The van der Waals surface area contributed by atoms with E-state index >= 15 is 0 Å². The minimum Gasteiger partial charge on any atom is -0.298 e. The summed E-state index contributed by atoms with van der Waals surface area (Å²) in [6.07, 6.45) is 1.93. The van der Waals surface area contributed by atoms with Crippen molar-refractivity contribution in [2.45, 2.75) is 13.3 Å². The quantitative estimate of drug-likeness (QED) is 0.587. The zero-order chi connectivity index (χ0) is 15.4. The molecule has 0 aliphatic carbocycles. The number of hydrogen-bond donors (Lipinski definition) is 0. The van der Waals surface area contributed by atoms with E-state index in [2.05, 4.69) is 55.5 Å². The molecule has 0 radical (unpaired) electrons. The van der Waals surface area contributed by atoms with Gasteiger partial charge in [0.15, 0.2) is 0 Å². The number of carbonyl (C=O) groups excluding carboxylic acids is 1. The van der Waals surface area contributed by atoms with Crippen molar-refractivity contribution in [3.8, 4) is 22.3 Å². The molecule has 3 aromatic carbocycles. The molecule has 0 saturated carbocycles. The normalized spacial score (nSPS) is 10.4. The summed E-state index contributed by atoms with van der Waals surface area (Å²) >= 11 is 0. The van der Waals surface area contributed by atoms with E-state index in [-0.39, 0.29) is 0 Å². The Morgan fingerprint density at radius 3 is 1.36 bits per heavy atom. The summed E-state index contributed by atoms with van der Waals surface area (Å²) in [6, 6.07) is 24.9. The lowest BCUT2D eigenvalue weighted by molar-refractivity contribution is 0.112. The van der Waals surface area contributed by atoms with Gasteiger partial charge in [0.25, 0.3) is 0 Å². The van der Waals surface area contributed by atoms with Crippen LogP contribution in [0.25, 0.3) is 22.3 Å². The topological polar surface area (TPSA) is 17.1 Å². The van der Waals surface area contributed by atoms with Gasteiger partial charge >= 0.3 is 0 Å². The first-order chi connectivity index (χ1) is 10.8. The molecule has 0 unspecified atom stereocenters. The second-order valence-corrected chi connectivity index (χ2v) is 5.37. The van der Waals surface area contributed by atoms with Crippen LogP contribution in [0.4, 0.5) is 0 Å². The smallest absolute Gasteiger partial charge is 0.150 e. The highest BCUT2D eigenvalue weighted by atomic mass is 16.1. The molecule has 1 heteroatoms. The first-order valence-corrected chi connectivity index (χ1v) is 7.55. The van der Waals surface area contributed by atoms with E-state index in [9.17, 15) is 4.79 Å². The molecular formula is C21H18O. The van der Waals surface area contributed by atoms with Crippen LogP contribution in [0.1, 0.15) is 22.8 Å². The lowest BCUT2D eigenvalue weighted by Crippen LogP contribution is -1.83. The van der Waals surface area contributed by atoms with Crippen LogP contribution in [0.5, 0.6) is 0 Å². The molecule has 0 amide bonds. The summed E-state index contributed by atoms with van der Waals surface area (Å²) in [5.41, 5.74) is 6.80. The average molecular weight is 286 g/mol. The molecule has 3 rings (SSSR count). The van der Waals surface area contributed by atoms with Crippen LogP contribution in [-0.4, -0.2) is 6.29 Å². The number of aryl methyl sites for hydroxylation is 1. The van der Waals surface area contributed by atoms with E-state index < -0.39 is 0 Å². The van der Waals surface area contributed by atoms with Gasteiger partial charge in [0.05, 0.1) is 0 Å². The van der Waals surface area contributed by atoms with Crippen molar-refractivity contribution in [1.82, 2.24) is 0 Å². The molecule has 0 spiro atoms. The van der Waals surface area contributed by atoms with Crippen molar-refractivity contribution in [1.29, 1.82) is 0 Å². The fourth-order valence-electron chi connectivity index (χ4n) is 2.54. The molecular weight excluding hydrogens is 268 g/mol. The molecule has 0 fully saturated rings. The molecule has 0 atom stereocenters. The summed E-state index contributed by atoms with van der Waals surface area (Å²) in [6.45, 7) is 2.17. The van der Waals surface area contributed by atoms with E-state index in [1.807, 2.05) is 24.3 Å². The van der Waals surface area contributed by atoms with E-state index in [0.717, 1.165) is 23.8 Å². The maximum atomic E-state index is 10.7. The van der Waals surface area contributed by atoms with Crippen LogP contribution in [0.3, 0.4) is 0 Å². The molecule has 108 valence electrons. The maximum absolute atomic E-state index is 10.7. The van der Waals surface area contributed by atoms with Gasteiger partial charge in [0.2, 0.25) is 0 Å². The molecule has 0 aromatic heterocycles.